The average Bonchev–Trinajstić information content (AvgIpc) is 2.74. The molecule has 100 valence electrons. The smallest absolute Gasteiger partial charge is 0.138 e. The summed E-state index contributed by atoms with van der Waals surface area (Å²) in [5, 5.41) is 8.02. The average molecular weight is 289 g/mol. The zero-order valence-corrected chi connectivity index (χ0v) is 11.9. The Morgan fingerprint density at radius 1 is 1.44 bits per heavy atom. The molecule has 1 aliphatic heterocycles. The first-order valence-corrected chi connectivity index (χ1v) is 6.88. The fraction of sp³-hybridized carbons (Fsp3) is 0.538. The molecule has 1 aromatic carbocycles. The number of halogens is 2. The lowest BCUT2D eigenvalue weighted by molar-refractivity contribution is 0.283. The molecule has 1 heterocycles. The van der Waals surface area contributed by atoms with Crippen LogP contribution < -0.4 is 15.4 Å². The molecule has 1 aromatic rings. The highest BCUT2D eigenvalue weighted by Gasteiger charge is 2.27. The quantitative estimate of drug-likeness (QED) is 0.818. The summed E-state index contributed by atoms with van der Waals surface area (Å²) in [4.78, 5) is 0. The molecule has 18 heavy (non-hydrogen) atoms. The van der Waals surface area contributed by atoms with Gasteiger partial charge in [-0.15, -0.1) is 0 Å². The lowest BCUT2D eigenvalue weighted by atomic mass is 10.0. The van der Waals surface area contributed by atoms with Crippen LogP contribution in [0.1, 0.15) is 13.3 Å². The van der Waals surface area contributed by atoms with Crippen molar-refractivity contribution in [3.63, 3.8) is 0 Å². The van der Waals surface area contributed by atoms with Gasteiger partial charge in [0.05, 0.1) is 5.02 Å². The molecule has 1 saturated heterocycles. The Balaban J connectivity index is 1.75. The summed E-state index contributed by atoms with van der Waals surface area (Å²) in [5.74, 6) is 0.678. The van der Waals surface area contributed by atoms with Crippen molar-refractivity contribution in [2.75, 3.05) is 26.2 Å². The minimum Gasteiger partial charge on any atom is -0.491 e. The van der Waals surface area contributed by atoms with Crippen LogP contribution >= 0.6 is 23.2 Å². The van der Waals surface area contributed by atoms with Gasteiger partial charge in [-0.1, -0.05) is 23.2 Å². The molecule has 0 spiro atoms. The van der Waals surface area contributed by atoms with Crippen molar-refractivity contribution in [1.29, 1.82) is 0 Å². The Bertz CT molecular complexity index is 406. The van der Waals surface area contributed by atoms with Gasteiger partial charge in [0.1, 0.15) is 12.4 Å². The molecule has 2 N–H and O–H groups in total. The summed E-state index contributed by atoms with van der Waals surface area (Å²) in [6, 6.07) is 5.26. The Hall–Kier alpha value is -0.480. The zero-order chi connectivity index (χ0) is 13.0. The SMILES string of the molecule is CC1(NCCOc2ccc(Cl)cc2Cl)CCNC1. The van der Waals surface area contributed by atoms with Gasteiger partial charge in [-0.25, -0.2) is 0 Å². The third kappa shape index (κ3) is 3.75. The number of hydrogen-bond donors (Lipinski definition) is 2. The van der Waals surface area contributed by atoms with Gasteiger partial charge in [0.15, 0.2) is 0 Å². The molecule has 1 atom stereocenters. The first-order chi connectivity index (χ1) is 8.59. The molecule has 0 aromatic heterocycles. The van der Waals surface area contributed by atoms with Crippen LogP contribution in [0.15, 0.2) is 18.2 Å². The molecule has 0 amide bonds. The van der Waals surface area contributed by atoms with Crippen LogP contribution in [0.2, 0.25) is 10.0 Å². The second-order valence-electron chi connectivity index (χ2n) is 4.84. The van der Waals surface area contributed by atoms with E-state index >= 15 is 0 Å². The maximum absolute atomic E-state index is 6.02. The van der Waals surface area contributed by atoms with Crippen molar-refractivity contribution in [3.8, 4) is 5.75 Å². The van der Waals surface area contributed by atoms with Crippen molar-refractivity contribution in [3.05, 3.63) is 28.2 Å². The summed E-state index contributed by atoms with van der Waals surface area (Å²) < 4.78 is 5.62. The van der Waals surface area contributed by atoms with Crippen molar-refractivity contribution >= 4 is 23.2 Å². The first-order valence-electron chi connectivity index (χ1n) is 6.13. The maximum Gasteiger partial charge on any atom is 0.138 e. The monoisotopic (exact) mass is 288 g/mol. The van der Waals surface area contributed by atoms with Crippen LogP contribution in [0.3, 0.4) is 0 Å². The third-order valence-corrected chi connectivity index (χ3v) is 3.70. The largest absolute Gasteiger partial charge is 0.491 e. The van der Waals surface area contributed by atoms with Crippen LogP contribution in [0.25, 0.3) is 0 Å². The fourth-order valence-corrected chi connectivity index (χ4v) is 2.54. The highest BCUT2D eigenvalue weighted by Crippen LogP contribution is 2.27. The number of ether oxygens (including phenoxy) is 1. The Morgan fingerprint density at radius 2 is 2.28 bits per heavy atom. The standard InChI is InChI=1S/C13H18Cl2N2O/c1-13(4-5-16-9-13)17-6-7-18-12-3-2-10(14)8-11(12)15/h2-3,8,16-17H,4-7,9H2,1H3. The third-order valence-electron chi connectivity index (χ3n) is 3.17. The second-order valence-corrected chi connectivity index (χ2v) is 5.68. The summed E-state index contributed by atoms with van der Waals surface area (Å²) in [6.45, 7) is 5.71. The summed E-state index contributed by atoms with van der Waals surface area (Å²) >= 11 is 11.8. The predicted molar refractivity (Wildman–Crippen MR) is 75.9 cm³/mol. The molecular formula is C13H18Cl2N2O. The molecule has 0 aliphatic carbocycles. The highest BCUT2D eigenvalue weighted by molar-refractivity contribution is 6.35. The highest BCUT2D eigenvalue weighted by atomic mass is 35.5. The van der Waals surface area contributed by atoms with E-state index in [1.807, 2.05) is 0 Å². The molecule has 0 saturated carbocycles. The van der Waals surface area contributed by atoms with Crippen LogP contribution in [0, 0.1) is 0 Å². The molecular weight excluding hydrogens is 271 g/mol. The lowest BCUT2D eigenvalue weighted by Gasteiger charge is -2.24. The Labute approximate surface area is 118 Å². The number of benzene rings is 1. The van der Waals surface area contributed by atoms with Gasteiger partial charge in [-0.2, -0.15) is 0 Å². The summed E-state index contributed by atoms with van der Waals surface area (Å²) in [7, 11) is 0. The normalized spacial score (nSPS) is 23.3. The number of rotatable bonds is 5. The molecule has 2 rings (SSSR count). The van der Waals surface area contributed by atoms with E-state index in [9.17, 15) is 0 Å². The van der Waals surface area contributed by atoms with Crippen molar-refractivity contribution in [2.45, 2.75) is 18.9 Å². The van der Waals surface area contributed by atoms with E-state index in [4.69, 9.17) is 27.9 Å². The predicted octanol–water partition coefficient (Wildman–Crippen LogP) is 2.71. The van der Waals surface area contributed by atoms with Crippen LogP contribution in [-0.2, 0) is 0 Å². The molecule has 1 unspecified atom stereocenters. The molecule has 0 radical (unpaired) electrons. The summed E-state index contributed by atoms with van der Waals surface area (Å²) in [6.07, 6.45) is 1.15. The van der Waals surface area contributed by atoms with Gasteiger partial charge < -0.3 is 15.4 Å². The summed E-state index contributed by atoms with van der Waals surface area (Å²) in [5.41, 5.74) is 0.188. The van der Waals surface area contributed by atoms with E-state index in [0.717, 1.165) is 26.1 Å². The van der Waals surface area contributed by atoms with E-state index in [1.165, 1.54) is 0 Å². The van der Waals surface area contributed by atoms with E-state index in [-0.39, 0.29) is 5.54 Å². The van der Waals surface area contributed by atoms with Gasteiger partial charge in [-0.3, -0.25) is 0 Å². The van der Waals surface area contributed by atoms with Crippen LogP contribution in [0.5, 0.6) is 5.75 Å². The van der Waals surface area contributed by atoms with Gasteiger partial charge >= 0.3 is 0 Å². The van der Waals surface area contributed by atoms with E-state index in [2.05, 4.69) is 17.6 Å². The molecule has 1 aliphatic rings. The number of nitrogens with one attached hydrogen (secondary N) is 2. The van der Waals surface area contributed by atoms with Crippen LogP contribution in [-0.4, -0.2) is 31.8 Å². The van der Waals surface area contributed by atoms with Gasteiger partial charge in [-0.05, 0) is 38.1 Å². The second kappa shape index (κ2) is 6.11. The minimum absolute atomic E-state index is 0.188. The maximum atomic E-state index is 6.02. The van der Waals surface area contributed by atoms with E-state index in [0.29, 0.717) is 22.4 Å². The fourth-order valence-electron chi connectivity index (χ4n) is 2.07. The lowest BCUT2D eigenvalue weighted by Crippen LogP contribution is -2.45. The Kier molecular flexibility index (Phi) is 4.73. The van der Waals surface area contributed by atoms with Crippen LogP contribution in [0.4, 0.5) is 0 Å². The topological polar surface area (TPSA) is 33.3 Å². The van der Waals surface area contributed by atoms with E-state index in [1.54, 1.807) is 18.2 Å². The van der Waals surface area contributed by atoms with Crippen molar-refractivity contribution in [1.82, 2.24) is 10.6 Å². The zero-order valence-electron chi connectivity index (χ0n) is 10.4. The van der Waals surface area contributed by atoms with Crippen molar-refractivity contribution in [2.24, 2.45) is 0 Å². The van der Waals surface area contributed by atoms with Gasteiger partial charge in [0.2, 0.25) is 0 Å². The number of hydrogen-bond acceptors (Lipinski definition) is 3. The van der Waals surface area contributed by atoms with Gasteiger partial charge in [0, 0.05) is 23.7 Å². The first kappa shape index (κ1) is 13.9. The molecule has 5 heteroatoms. The van der Waals surface area contributed by atoms with Crippen molar-refractivity contribution < 1.29 is 4.74 Å². The Morgan fingerprint density at radius 3 is 2.94 bits per heavy atom. The van der Waals surface area contributed by atoms with E-state index < -0.39 is 0 Å². The minimum atomic E-state index is 0.188. The molecule has 3 nitrogen and oxygen atoms in total. The molecule has 1 fully saturated rings. The van der Waals surface area contributed by atoms with Gasteiger partial charge in [0.25, 0.3) is 0 Å². The molecule has 0 bridgehead atoms.